The van der Waals surface area contributed by atoms with Crippen LogP contribution in [-0.2, 0) is 12.8 Å². The molecule has 2 rings (SSSR count). The minimum absolute atomic E-state index is 0.256. The molecule has 6 heteroatoms. The first-order chi connectivity index (χ1) is 8.56. The topological polar surface area (TPSA) is 56.7 Å². The summed E-state index contributed by atoms with van der Waals surface area (Å²) in [5.74, 6) is 0.779. The molecule has 2 aromatic rings. The van der Waals surface area contributed by atoms with Gasteiger partial charge in [0.25, 0.3) is 0 Å². The van der Waals surface area contributed by atoms with E-state index in [9.17, 15) is 0 Å². The summed E-state index contributed by atoms with van der Waals surface area (Å²) in [5.41, 5.74) is 7.76. The molecule has 4 nitrogen and oxygen atoms in total. The number of aromatic nitrogens is 3. The van der Waals surface area contributed by atoms with E-state index in [1.54, 1.807) is 10.7 Å². The first-order valence-corrected chi connectivity index (χ1v) is 6.52. The van der Waals surface area contributed by atoms with E-state index in [4.69, 9.17) is 28.9 Å². The number of pyridine rings is 1. The Morgan fingerprint density at radius 3 is 2.50 bits per heavy atom. The largest absolute Gasteiger partial charge is 0.382 e. The number of nitrogens with two attached hydrogens (primary N) is 1. The first kappa shape index (κ1) is 13.2. The van der Waals surface area contributed by atoms with Crippen LogP contribution in [0, 0.1) is 0 Å². The summed E-state index contributed by atoms with van der Waals surface area (Å²) in [7, 11) is 0. The van der Waals surface area contributed by atoms with Gasteiger partial charge in [0, 0.05) is 5.69 Å². The van der Waals surface area contributed by atoms with E-state index >= 15 is 0 Å². The Balaban J connectivity index is 2.60. The molecule has 0 spiro atoms. The highest BCUT2D eigenvalue weighted by Crippen LogP contribution is 2.27. The molecule has 0 radical (unpaired) electrons. The molecule has 0 aliphatic rings. The van der Waals surface area contributed by atoms with E-state index in [1.807, 2.05) is 6.07 Å². The van der Waals surface area contributed by atoms with Crippen molar-refractivity contribution in [3.63, 3.8) is 0 Å². The zero-order valence-electron chi connectivity index (χ0n) is 10.2. The van der Waals surface area contributed by atoms with Crippen molar-refractivity contribution in [2.75, 3.05) is 5.73 Å². The van der Waals surface area contributed by atoms with Crippen molar-refractivity contribution in [2.24, 2.45) is 0 Å². The van der Waals surface area contributed by atoms with Crippen molar-refractivity contribution in [3.05, 3.63) is 33.6 Å². The molecule has 0 saturated heterocycles. The van der Waals surface area contributed by atoms with E-state index in [-0.39, 0.29) is 5.82 Å². The molecule has 0 amide bonds. The van der Waals surface area contributed by atoms with Gasteiger partial charge in [-0.15, -0.1) is 0 Å². The quantitative estimate of drug-likeness (QED) is 0.941. The second-order valence-electron chi connectivity index (χ2n) is 3.91. The molecule has 0 unspecified atom stereocenters. The van der Waals surface area contributed by atoms with Gasteiger partial charge in [-0.25, -0.2) is 9.67 Å². The summed E-state index contributed by atoms with van der Waals surface area (Å²) in [6.07, 6.45) is 1.70. The van der Waals surface area contributed by atoms with Crippen LogP contribution in [0.15, 0.2) is 12.1 Å². The average molecular weight is 285 g/mol. The summed E-state index contributed by atoms with van der Waals surface area (Å²) in [6.45, 7) is 4.11. The van der Waals surface area contributed by atoms with Gasteiger partial charge in [0.2, 0.25) is 0 Å². The highest BCUT2D eigenvalue weighted by molar-refractivity contribution is 6.36. The second kappa shape index (κ2) is 5.16. The highest BCUT2D eigenvalue weighted by atomic mass is 35.5. The maximum absolute atomic E-state index is 6.15. The molecular weight excluding hydrogens is 271 g/mol. The maximum Gasteiger partial charge on any atom is 0.174 e. The normalized spacial score (nSPS) is 10.9. The van der Waals surface area contributed by atoms with Gasteiger partial charge in [-0.3, -0.25) is 0 Å². The smallest absolute Gasteiger partial charge is 0.174 e. The third-order valence-corrected chi connectivity index (χ3v) is 3.28. The average Bonchev–Trinajstić information content (AvgIpc) is 2.77. The molecule has 2 N–H and O–H groups in total. The predicted molar refractivity (Wildman–Crippen MR) is 74.5 cm³/mol. The molecule has 0 aliphatic heterocycles. The lowest BCUT2D eigenvalue weighted by Gasteiger charge is -2.08. The van der Waals surface area contributed by atoms with Gasteiger partial charge in [-0.05, 0) is 25.0 Å². The van der Waals surface area contributed by atoms with Crippen molar-refractivity contribution in [2.45, 2.75) is 26.7 Å². The molecular formula is C12H14Cl2N4. The molecule has 0 atom stereocenters. The van der Waals surface area contributed by atoms with Crippen molar-refractivity contribution >= 4 is 29.0 Å². The number of halogens is 2. The van der Waals surface area contributed by atoms with Gasteiger partial charge in [0.1, 0.15) is 5.82 Å². The van der Waals surface area contributed by atoms with Crippen LogP contribution >= 0.6 is 23.2 Å². The van der Waals surface area contributed by atoms with Crippen molar-refractivity contribution in [3.8, 4) is 5.82 Å². The molecule has 0 bridgehead atoms. The van der Waals surface area contributed by atoms with E-state index in [2.05, 4.69) is 23.9 Å². The molecule has 0 saturated carbocycles. The van der Waals surface area contributed by atoms with Crippen LogP contribution in [-0.4, -0.2) is 14.8 Å². The number of hydrogen-bond donors (Lipinski definition) is 1. The Bertz CT molecular complexity index is 578. The molecule has 2 heterocycles. The highest BCUT2D eigenvalue weighted by Gasteiger charge is 2.14. The summed E-state index contributed by atoms with van der Waals surface area (Å²) in [5, 5.41) is 5.26. The summed E-state index contributed by atoms with van der Waals surface area (Å²) in [4.78, 5) is 4.21. The van der Waals surface area contributed by atoms with Crippen LogP contribution in [0.3, 0.4) is 0 Å². The van der Waals surface area contributed by atoms with Crippen LogP contribution in [0.4, 0.5) is 5.82 Å². The minimum Gasteiger partial charge on any atom is -0.382 e. The lowest BCUT2D eigenvalue weighted by Crippen LogP contribution is -2.07. The monoisotopic (exact) mass is 284 g/mol. The number of nitrogens with zero attached hydrogens (tertiary/aromatic N) is 3. The predicted octanol–water partition coefficient (Wildman–Crippen LogP) is 3.28. The van der Waals surface area contributed by atoms with Crippen LogP contribution in [0.1, 0.15) is 25.2 Å². The van der Waals surface area contributed by atoms with E-state index in [0.717, 1.165) is 24.2 Å². The van der Waals surface area contributed by atoms with Crippen molar-refractivity contribution in [1.82, 2.24) is 14.8 Å². The van der Waals surface area contributed by atoms with Crippen molar-refractivity contribution in [1.29, 1.82) is 0 Å². The van der Waals surface area contributed by atoms with Gasteiger partial charge in [0.05, 0.1) is 15.7 Å². The number of aryl methyl sites for hydroxylation is 2. The SMILES string of the molecule is CCc1cc(CC)n(-c2nc(N)c(Cl)cc2Cl)n1. The van der Waals surface area contributed by atoms with Gasteiger partial charge >= 0.3 is 0 Å². The number of nitrogen functional groups attached to an aromatic ring is 1. The van der Waals surface area contributed by atoms with Gasteiger partial charge < -0.3 is 5.73 Å². The minimum atomic E-state index is 0.256. The fourth-order valence-corrected chi connectivity index (χ4v) is 2.14. The molecule has 0 fully saturated rings. The lowest BCUT2D eigenvalue weighted by atomic mass is 10.2. The number of hydrogen-bond acceptors (Lipinski definition) is 3. The molecule has 18 heavy (non-hydrogen) atoms. The zero-order chi connectivity index (χ0) is 13.3. The van der Waals surface area contributed by atoms with E-state index < -0.39 is 0 Å². The fraction of sp³-hybridized carbons (Fsp3) is 0.333. The van der Waals surface area contributed by atoms with Gasteiger partial charge in [-0.2, -0.15) is 5.10 Å². The zero-order valence-corrected chi connectivity index (χ0v) is 11.8. The van der Waals surface area contributed by atoms with Crippen LogP contribution in [0.5, 0.6) is 0 Å². The standard InChI is InChI=1S/C12H14Cl2N4/c1-3-7-5-8(4-2)18(17-7)12-10(14)6-9(13)11(15)16-12/h5-6H,3-4H2,1-2H3,(H2,15,16). The summed E-state index contributed by atoms with van der Waals surface area (Å²) in [6, 6.07) is 3.64. The number of anilines is 1. The van der Waals surface area contributed by atoms with Gasteiger partial charge in [0.15, 0.2) is 5.82 Å². The Morgan fingerprint density at radius 1 is 1.17 bits per heavy atom. The van der Waals surface area contributed by atoms with Crippen LogP contribution in [0.2, 0.25) is 10.0 Å². The molecule has 2 aromatic heterocycles. The van der Waals surface area contributed by atoms with Gasteiger partial charge in [-0.1, -0.05) is 37.0 Å². The molecule has 0 aliphatic carbocycles. The Kier molecular flexibility index (Phi) is 3.78. The third-order valence-electron chi connectivity index (χ3n) is 2.70. The van der Waals surface area contributed by atoms with Crippen LogP contribution < -0.4 is 5.73 Å². The Hall–Kier alpha value is -1.26. The number of rotatable bonds is 3. The van der Waals surface area contributed by atoms with E-state index in [1.165, 1.54) is 0 Å². The second-order valence-corrected chi connectivity index (χ2v) is 4.72. The first-order valence-electron chi connectivity index (χ1n) is 5.76. The molecule has 0 aromatic carbocycles. The maximum atomic E-state index is 6.15. The molecule has 96 valence electrons. The van der Waals surface area contributed by atoms with E-state index in [0.29, 0.717) is 15.9 Å². The Labute approximate surface area is 116 Å². The summed E-state index contributed by atoms with van der Waals surface area (Å²) < 4.78 is 1.73. The van der Waals surface area contributed by atoms with Crippen molar-refractivity contribution < 1.29 is 0 Å². The summed E-state index contributed by atoms with van der Waals surface area (Å²) >= 11 is 12.0. The lowest BCUT2D eigenvalue weighted by molar-refractivity contribution is 0.774. The third kappa shape index (κ3) is 2.31. The fourth-order valence-electron chi connectivity index (χ4n) is 1.70. The van der Waals surface area contributed by atoms with Crippen LogP contribution in [0.25, 0.3) is 5.82 Å². The Morgan fingerprint density at radius 2 is 1.89 bits per heavy atom.